The first-order valence-corrected chi connectivity index (χ1v) is 6.77. The fourth-order valence-corrected chi connectivity index (χ4v) is 2.22. The van der Waals surface area contributed by atoms with Crippen LogP contribution in [0.2, 0.25) is 0 Å². The summed E-state index contributed by atoms with van der Waals surface area (Å²) in [7, 11) is 0. The summed E-state index contributed by atoms with van der Waals surface area (Å²) < 4.78 is 1.01. The van der Waals surface area contributed by atoms with Crippen LogP contribution in [0, 0.1) is 0 Å². The van der Waals surface area contributed by atoms with Crippen LogP contribution in [0.15, 0.2) is 28.7 Å². The lowest BCUT2D eigenvalue weighted by Gasteiger charge is -2.12. The average molecular weight is 327 g/mol. The third-order valence-corrected chi connectivity index (χ3v) is 3.32. The standard InChI is InChI=1S/C12H15BrN2O.CO2/c13-9-5-7-11(8-6-9)15-12(16)14-10-3-1-2-4-10;2-1-3/h5-8,10H,1-4H2,(H2,14,15,16);. The molecule has 102 valence electrons. The Bertz CT molecular complexity index is 436. The molecule has 0 saturated heterocycles. The Kier molecular flexibility index (Phi) is 6.85. The summed E-state index contributed by atoms with van der Waals surface area (Å²) in [4.78, 5) is 27.9. The molecule has 1 aromatic rings. The number of benzene rings is 1. The van der Waals surface area contributed by atoms with Crippen LogP contribution in [0.3, 0.4) is 0 Å². The molecule has 1 fully saturated rings. The number of hydrogen-bond donors (Lipinski definition) is 2. The smallest absolute Gasteiger partial charge is 0.335 e. The van der Waals surface area contributed by atoms with E-state index in [1.807, 2.05) is 24.3 Å². The van der Waals surface area contributed by atoms with Gasteiger partial charge in [0.25, 0.3) is 0 Å². The highest BCUT2D eigenvalue weighted by molar-refractivity contribution is 9.10. The summed E-state index contributed by atoms with van der Waals surface area (Å²) >= 11 is 3.35. The maximum atomic E-state index is 11.6. The topological polar surface area (TPSA) is 75.3 Å². The number of rotatable bonds is 2. The molecule has 0 aliphatic heterocycles. The van der Waals surface area contributed by atoms with Crippen LogP contribution in [-0.2, 0) is 9.59 Å². The van der Waals surface area contributed by atoms with Crippen LogP contribution in [0.1, 0.15) is 25.7 Å². The molecule has 1 aliphatic carbocycles. The number of nitrogens with one attached hydrogen (secondary N) is 2. The van der Waals surface area contributed by atoms with Gasteiger partial charge in [0.2, 0.25) is 0 Å². The highest BCUT2D eigenvalue weighted by Crippen LogP contribution is 2.18. The molecule has 6 heteroatoms. The van der Waals surface area contributed by atoms with E-state index in [1.54, 1.807) is 0 Å². The molecule has 19 heavy (non-hydrogen) atoms. The molecule has 0 spiro atoms. The molecule has 5 nitrogen and oxygen atoms in total. The van der Waals surface area contributed by atoms with E-state index in [1.165, 1.54) is 12.8 Å². The Balaban J connectivity index is 0.000000550. The van der Waals surface area contributed by atoms with Gasteiger partial charge in [-0.1, -0.05) is 28.8 Å². The molecule has 1 saturated carbocycles. The summed E-state index contributed by atoms with van der Waals surface area (Å²) in [6.45, 7) is 0. The van der Waals surface area contributed by atoms with E-state index in [9.17, 15) is 4.79 Å². The fraction of sp³-hybridized carbons (Fsp3) is 0.385. The van der Waals surface area contributed by atoms with Crippen molar-refractivity contribution in [3.8, 4) is 0 Å². The minimum absolute atomic E-state index is 0.103. The Morgan fingerprint density at radius 2 is 1.68 bits per heavy atom. The third kappa shape index (κ3) is 6.18. The lowest BCUT2D eigenvalue weighted by molar-refractivity contribution is -0.191. The van der Waals surface area contributed by atoms with Crippen molar-refractivity contribution in [1.82, 2.24) is 5.32 Å². The van der Waals surface area contributed by atoms with Crippen molar-refractivity contribution in [2.45, 2.75) is 31.7 Å². The van der Waals surface area contributed by atoms with Gasteiger partial charge in [0.1, 0.15) is 0 Å². The summed E-state index contributed by atoms with van der Waals surface area (Å²) in [5.74, 6) is 0. The lowest BCUT2D eigenvalue weighted by Crippen LogP contribution is -2.36. The Labute approximate surface area is 119 Å². The first-order valence-electron chi connectivity index (χ1n) is 5.98. The quantitative estimate of drug-likeness (QED) is 0.877. The molecular weight excluding hydrogens is 312 g/mol. The molecule has 0 aromatic heterocycles. The zero-order valence-corrected chi connectivity index (χ0v) is 11.9. The van der Waals surface area contributed by atoms with Gasteiger partial charge in [0.05, 0.1) is 0 Å². The fourth-order valence-electron chi connectivity index (χ4n) is 1.96. The van der Waals surface area contributed by atoms with E-state index >= 15 is 0 Å². The van der Waals surface area contributed by atoms with Gasteiger partial charge in [-0.25, -0.2) is 4.79 Å². The van der Waals surface area contributed by atoms with E-state index in [-0.39, 0.29) is 12.2 Å². The van der Waals surface area contributed by atoms with Gasteiger partial charge in [-0.3, -0.25) is 0 Å². The van der Waals surface area contributed by atoms with Crippen LogP contribution >= 0.6 is 15.9 Å². The van der Waals surface area contributed by atoms with Gasteiger partial charge in [-0.15, -0.1) is 0 Å². The molecule has 0 atom stereocenters. The first kappa shape index (κ1) is 15.4. The van der Waals surface area contributed by atoms with E-state index in [0.29, 0.717) is 6.04 Å². The van der Waals surface area contributed by atoms with Crippen LogP contribution in [-0.4, -0.2) is 18.2 Å². The lowest BCUT2D eigenvalue weighted by atomic mass is 10.2. The Morgan fingerprint density at radius 3 is 2.21 bits per heavy atom. The van der Waals surface area contributed by atoms with Gasteiger partial charge in [-0.05, 0) is 37.1 Å². The Morgan fingerprint density at radius 1 is 1.16 bits per heavy atom. The molecular formula is C13H15BrN2O3. The minimum atomic E-state index is -0.103. The molecule has 0 heterocycles. The van der Waals surface area contributed by atoms with Crippen molar-refractivity contribution in [1.29, 1.82) is 0 Å². The van der Waals surface area contributed by atoms with Crippen molar-refractivity contribution in [3.05, 3.63) is 28.7 Å². The number of hydrogen-bond acceptors (Lipinski definition) is 3. The van der Waals surface area contributed by atoms with Crippen LogP contribution in [0.5, 0.6) is 0 Å². The monoisotopic (exact) mass is 326 g/mol. The SMILES string of the molecule is O=C(Nc1ccc(Br)cc1)NC1CCCC1.O=C=O. The number of amides is 2. The van der Waals surface area contributed by atoms with Gasteiger partial charge < -0.3 is 10.6 Å². The van der Waals surface area contributed by atoms with Crippen molar-refractivity contribution < 1.29 is 14.4 Å². The zero-order chi connectivity index (χ0) is 14.1. The highest BCUT2D eigenvalue weighted by atomic mass is 79.9. The first-order chi connectivity index (χ1) is 9.15. The summed E-state index contributed by atoms with van der Waals surface area (Å²) in [6.07, 6.45) is 4.91. The van der Waals surface area contributed by atoms with Crippen LogP contribution in [0.25, 0.3) is 0 Å². The number of halogens is 1. The van der Waals surface area contributed by atoms with E-state index in [0.717, 1.165) is 23.0 Å². The van der Waals surface area contributed by atoms with Crippen LogP contribution < -0.4 is 10.6 Å². The Hall–Kier alpha value is -1.65. The summed E-state index contributed by atoms with van der Waals surface area (Å²) in [5.41, 5.74) is 0.818. The van der Waals surface area contributed by atoms with Gasteiger partial charge in [0, 0.05) is 16.2 Å². The normalized spacial score (nSPS) is 13.9. The second-order valence-corrected chi connectivity index (χ2v) is 5.09. The molecule has 2 N–H and O–H groups in total. The van der Waals surface area contributed by atoms with E-state index < -0.39 is 0 Å². The van der Waals surface area contributed by atoms with Gasteiger partial charge >= 0.3 is 12.2 Å². The van der Waals surface area contributed by atoms with Crippen molar-refractivity contribution in [2.24, 2.45) is 0 Å². The predicted molar refractivity (Wildman–Crippen MR) is 73.6 cm³/mol. The number of carbonyl (C=O) groups is 1. The molecule has 1 aliphatic rings. The maximum Gasteiger partial charge on any atom is 0.373 e. The summed E-state index contributed by atoms with van der Waals surface area (Å²) in [5, 5.41) is 5.81. The van der Waals surface area contributed by atoms with Crippen LogP contribution in [0.4, 0.5) is 10.5 Å². The highest BCUT2D eigenvalue weighted by Gasteiger charge is 2.16. The maximum absolute atomic E-state index is 11.6. The second-order valence-electron chi connectivity index (χ2n) is 4.17. The van der Waals surface area contributed by atoms with Crippen molar-refractivity contribution in [3.63, 3.8) is 0 Å². The number of anilines is 1. The third-order valence-electron chi connectivity index (χ3n) is 2.79. The minimum Gasteiger partial charge on any atom is -0.335 e. The van der Waals surface area contributed by atoms with Gasteiger partial charge in [0.15, 0.2) is 0 Å². The van der Waals surface area contributed by atoms with E-state index in [2.05, 4.69) is 26.6 Å². The summed E-state index contributed by atoms with van der Waals surface area (Å²) in [6, 6.07) is 7.82. The zero-order valence-electron chi connectivity index (χ0n) is 10.3. The molecule has 2 amide bonds. The molecule has 2 rings (SSSR count). The predicted octanol–water partition coefficient (Wildman–Crippen LogP) is 2.93. The average Bonchev–Trinajstić information content (AvgIpc) is 2.86. The molecule has 0 radical (unpaired) electrons. The number of urea groups is 1. The molecule has 0 bridgehead atoms. The van der Waals surface area contributed by atoms with Crippen molar-refractivity contribution in [2.75, 3.05) is 5.32 Å². The second kappa shape index (κ2) is 8.45. The molecule has 1 aromatic carbocycles. The van der Waals surface area contributed by atoms with E-state index in [4.69, 9.17) is 9.59 Å². The largest absolute Gasteiger partial charge is 0.373 e. The van der Waals surface area contributed by atoms with Crippen molar-refractivity contribution >= 4 is 33.8 Å². The number of carbonyl (C=O) groups excluding carboxylic acids is 3. The molecule has 0 unspecified atom stereocenters. The van der Waals surface area contributed by atoms with Gasteiger partial charge in [-0.2, -0.15) is 9.59 Å².